The molecule has 1 aliphatic heterocycles. The maximum Gasteiger partial charge on any atom is 0.0740 e. The van der Waals surface area contributed by atoms with Crippen molar-refractivity contribution < 1.29 is 4.18 Å². The molecule has 66 valence electrons. The largest absolute Gasteiger partial charge is 0.314 e. The molecule has 2 nitrogen and oxygen atoms in total. The fourth-order valence-corrected chi connectivity index (χ4v) is 1.67. The minimum atomic E-state index is 0.876. The van der Waals surface area contributed by atoms with E-state index in [0.29, 0.717) is 0 Å². The number of hydrogen-bond acceptors (Lipinski definition) is 3. The van der Waals surface area contributed by atoms with Crippen LogP contribution in [0.2, 0.25) is 0 Å². The number of likely N-dealkylation sites (tertiary alicyclic amines) is 1. The maximum absolute atomic E-state index is 5.21. The zero-order valence-electron chi connectivity index (χ0n) is 7.21. The fraction of sp³-hybridized carbons (Fsp3) is 1.00. The van der Waals surface area contributed by atoms with Gasteiger partial charge < -0.3 is 9.08 Å². The zero-order valence-corrected chi connectivity index (χ0v) is 8.03. The lowest BCUT2D eigenvalue weighted by molar-refractivity contribution is 0.195. The lowest BCUT2D eigenvalue weighted by Crippen LogP contribution is -2.32. The molecule has 0 aromatic heterocycles. The average Bonchev–Trinajstić information content (AvgIpc) is 2.07. The Morgan fingerprint density at radius 1 is 1.27 bits per heavy atom. The van der Waals surface area contributed by atoms with Crippen LogP contribution in [0, 0.1) is 0 Å². The number of rotatable bonds is 4. The van der Waals surface area contributed by atoms with Crippen LogP contribution in [0.1, 0.15) is 19.3 Å². The molecule has 0 aromatic rings. The van der Waals surface area contributed by atoms with Crippen molar-refractivity contribution in [3.8, 4) is 0 Å². The van der Waals surface area contributed by atoms with Gasteiger partial charge in [-0.25, -0.2) is 0 Å². The second-order valence-corrected chi connectivity index (χ2v) is 3.46. The quantitative estimate of drug-likeness (QED) is 0.477. The summed E-state index contributed by atoms with van der Waals surface area (Å²) in [5.41, 5.74) is 0. The van der Waals surface area contributed by atoms with E-state index in [0.717, 1.165) is 13.2 Å². The normalized spacial score (nSPS) is 20.5. The fourth-order valence-electron chi connectivity index (χ4n) is 1.43. The first-order valence-electron chi connectivity index (χ1n) is 4.31. The SMILES string of the molecule is CSOCCN1CCCCC1. The van der Waals surface area contributed by atoms with Gasteiger partial charge in [-0.3, -0.25) is 0 Å². The first kappa shape index (κ1) is 9.36. The summed E-state index contributed by atoms with van der Waals surface area (Å²) in [5.74, 6) is 0. The third-order valence-electron chi connectivity index (χ3n) is 2.06. The number of piperidine rings is 1. The van der Waals surface area contributed by atoms with Gasteiger partial charge in [0, 0.05) is 12.8 Å². The molecule has 0 saturated carbocycles. The second kappa shape index (κ2) is 5.86. The van der Waals surface area contributed by atoms with Gasteiger partial charge in [-0.2, -0.15) is 0 Å². The first-order chi connectivity index (χ1) is 5.43. The molecule has 0 atom stereocenters. The Hall–Kier alpha value is 0.270. The van der Waals surface area contributed by atoms with Crippen molar-refractivity contribution in [3.63, 3.8) is 0 Å². The minimum absolute atomic E-state index is 0.876. The molecule has 0 spiro atoms. The molecule has 0 aliphatic carbocycles. The predicted octanol–water partition coefficient (Wildman–Crippen LogP) is 1.77. The molecular formula is C8H17NOS. The molecule has 1 heterocycles. The Morgan fingerprint density at radius 3 is 2.64 bits per heavy atom. The van der Waals surface area contributed by atoms with E-state index in [9.17, 15) is 0 Å². The van der Waals surface area contributed by atoms with Crippen molar-refractivity contribution in [3.05, 3.63) is 0 Å². The molecular weight excluding hydrogens is 158 g/mol. The number of hydrogen-bond donors (Lipinski definition) is 0. The van der Waals surface area contributed by atoms with Gasteiger partial charge in [-0.05, 0) is 38.0 Å². The van der Waals surface area contributed by atoms with Crippen molar-refractivity contribution in [1.29, 1.82) is 0 Å². The van der Waals surface area contributed by atoms with E-state index in [2.05, 4.69) is 4.90 Å². The van der Waals surface area contributed by atoms with Gasteiger partial charge in [0.2, 0.25) is 0 Å². The third kappa shape index (κ3) is 3.99. The molecule has 0 bridgehead atoms. The van der Waals surface area contributed by atoms with E-state index < -0.39 is 0 Å². The molecule has 1 saturated heterocycles. The standard InChI is InChI=1S/C8H17NOS/c1-11-10-8-7-9-5-3-2-4-6-9/h2-8H2,1H3. The topological polar surface area (TPSA) is 12.5 Å². The van der Waals surface area contributed by atoms with Crippen molar-refractivity contribution in [2.45, 2.75) is 19.3 Å². The Labute approximate surface area is 73.5 Å². The molecule has 1 fully saturated rings. The van der Waals surface area contributed by atoms with Crippen LogP contribution >= 0.6 is 12.0 Å². The zero-order chi connectivity index (χ0) is 7.94. The summed E-state index contributed by atoms with van der Waals surface area (Å²) >= 11 is 1.46. The highest BCUT2D eigenvalue weighted by Gasteiger charge is 2.08. The van der Waals surface area contributed by atoms with E-state index in [-0.39, 0.29) is 0 Å². The van der Waals surface area contributed by atoms with Gasteiger partial charge in [-0.15, -0.1) is 0 Å². The van der Waals surface area contributed by atoms with Gasteiger partial charge in [0.1, 0.15) is 0 Å². The maximum atomic E-state index is 5.21. The molecule has 0 amide bonds. The highest BCUT2D eigenvalue weighted by molar-refractivity contribution is 7.93. The predicted molar refractivity (Wildman–Crippen MR) is 49.8 cm³/mol. The van der Waals surface area contributed by atoms with E-state index in [1.165, 1.54) is 44.4 Å². The van der Waals surface area contributed by atoms with Crippen molar-refractivity contribution in [1.82, 2.24) is 4.90 Å². The van der Waals surface area contributed by atoms with Crippen LogP contribution in [0.5, 0.6) is 0 Å². The Morgan fingerprint density at radius 2 is 2.00 bits per heavy atom. The van der Waals surface area contributed by atoms with Crippen LogP contribution in [0.3, 0.4) is 0 Å². The molecule has 0 radical (unpaired) electrons. The first-order valence-corrected chi connectivity index (χ1v) is 5.46. The van der Waals surface area contributed by atoms with Gasteiger partial charge in [0.15, 0.2) is 0 Å². The smallest absolute Gasteiger partial charge is 0.0740 e. The van der Waals surface area contributed by atoms with E-state index in [1.807, 2.05) is 6.26 Å². The monoisotopic (exact) mass is 175 g/mol. The summed E-state index contributed by atoms with van der Waals surface area (Å²) < 4.78 is 5.21. The molecule has 0 unspecified atom stereocenters. The molecule has 0 aromatic carbocycles. The molecule has 0 N–H and O–H groups in total. The van der Waals surface area contributed by atoms with E-state index in [4.69, 9.17) is 4.18 Å². The highest BCUT2D eigenvalue weighted by atomic mass is 32.2. The van der Waals surface area contributed by atoms with Gasteiger partial charge in [-0.1, -0.05) is 6.42 Å². The Balaban J connectivity index is 1.96. The second-order valence-electron chi connectivity index (χ2n) is 2.89. The van der Waals surface area contributed by atoms with Crippen LogP contribution in [0.4, 0.5) is 0 Å². The van der Waals surface area contributed by atoms with Crippen molar-refractivity contribution >= 4 is 12.0 Å². The summed E-state index contributed by atoms with van der Waals surface area (Å²) in [4.78, 5) is 2.49. The lowest BCUT2D eigenvalue weighted by atomic mass is 10.1. The average molecular weight is 175 g/mol. The summed E-state index contributed by atoms with van der Waals surface area (Å²) in [7, 11) is 0. The summed E-state index contributed by atoms with van der Waals surface area (Å²) in [6.45, 7) is 4.54. The molecule has 3 heteroatoms. The van der Waals surface area contributed by atoms with Gasteiger partial charge in [0.05, 0.1) is 6.61 Å². The number of nitrogens with zero attached hydrogens (tertiary/aromatic N) is 1. The van der Waals surface area contributed by atoms with Gasteiger partial charge >= 0.3 is 0 Å². The van der Waals surface area contributed by atoms with Crippen molar-refractivity contribution in [2.24, 2.45) is 0 Å². The summed E-state index contributed by atoms with van der Waals surface area (Å²) in [6, 6.07) is 0. The summed E-state index contributed by atoms with van der Waals surface area (Å²) in [6.07, 6.45) is 6.13. The Bertz CT molecular complexity index is 94.1. The highest BCUT2D eigenvalue weighted by Crippen LogP contribution is 2.08. The van der Waals surface area contributed by atoms with Gasteiger partial charge in [0.25, 0.3) is 0 Å². The van der Waals surface area contributed by atoms with Crippen LogP contribution in [0.15, 0.2) is 0 Å². The lowest BCUT2D eigenvalue weighted by Gasteiger charge is -2.25. The Kier molecular flexibility index (Phi) is 4.99. The molecule has 11 heavy (non-hydrogen) atoms. The van der Waals surface area contributed by atoms with E-state index in [1.54, 1.807) is 0 Å². The van der Waals surface area contributed by atoms with E-state index >= 15 is 0 Å². The van der Waals surface area contributed by atoms with Crippen LogP contribution in [-0.2, 0) is 4.18 Å². The third-order valence-corrected chi connectivity index (χ3v) is 2.46. The molecule has 1 aliphatic rings. The van der Waals surface area contributed by atoms with Crippen molar-refractivity contribution in [2.75, 3.05) is 32.5 Å². The van der Waals surface area contributed by atoms with Crippen LogP contribution in [-0.4, -0.2) is 37.4 Å². The van der Waals surface area contributed by atoms with Crippen LogP contribution < -0.4 is 0 Å². The summed E-state index contributed by atoms with van der Waals surface area (Å²) in [5, 5.41) is 0. The molecule has 1 rings (SSSR count). The van der Waals surface area contributed by atoms with Crippen LogP contribution in [0.25, 0.3) is 0 Å². The minimum Gasteiger partial charge on any atom is -0.314 e.